The molecule has 2 fully saturated rings. The van der Waals surface area contributed by atoms with E-state index in [1.807, 2.05) is 0 Å². The summed E-state index contributed by atoms with van der Waals surface area (Å²) in [5.74, 6) is -9.95. The highest BCUT2D eigenvalue weighted by Gasteiger charge is 2.49. The van der Waals surface area contributed by atoms with Gasteiger partial charge in [-0.3, -0.25) is 29.0 Å². The summed E-state index contributed by atoms with van der Waals surface area (Å²) in [4.78, 5) is 73.2. The molecule has 0 saturated carbocycles. The minimum Gasteiger partial charge on any atom is -0.481 e. The minimum atomic E-state index is -2.04. The average Bonchev–Trinajstić information content (AvgIpc) is 3.48. The number of rotatable bonds is 13. The van der Waals surface area contributed by atoms with Crippen molar-refractivity contribution in [3.63, 3.8) is 0 Å². The quantitative estimate of drug-likeness (QED) is 0.0288. The SMILES string of the molecule is C=C[C@H]1[C@@H](OC(=O)CC(=O)O)[C@H](C)[C@H](O)[C@H](C)[C@@H](O)[C@@H](C)/C=C/C=C(/C)C(=O)N/C(C(=O)CCO)=C(NC2(N=C)CCN(CC(C)I)CC2)/C(C)=C2/O[C@](C)(O/C=C/[C@@H]1OC)C(=O)C2=C. The van der Waals surface area contributed by atoms with E-state index >= 15 is 0 Å². The number of aliphatic hydroxyl groups excluding tert-OH is 3. The maximum absolute atomic E-state index is 14.0. The maximum atomic E-state index is 14.0. The van der Waals surface area contributed by atoms with E-state index in [2.05, 4.69) is 69.9 Å². The van der Waals surface area contributed by atoms with Crippen molar-refractivity contribution in [1.82, 2.24) is 15.5 Å². The van der Waals surface area contributed by atoms with Crippen molar-refractivity contribution in [2.24, 2.45) is 28.7 Å². The molecular weight excluding hydrogens is 955 g/mol. The van der Waals surface area contributed by atoms with Gasteiger partial charge in [-0.05, 0) is 26.6 Å². The zero-order valence-corrected chi connectivity index (χ0v) is 40.8. The van der Waals surface area contributed by atoms with Gasteiger partial charge in [-0.2, -0.15) is 0 Å². The lowest BCUT2D eigenvalue weighted by atomic mass is 9.78. The van der Waals surface area contributed by atoms with Crippen LogP contribution in [0.2, 0.25) is 0 Å². The number of esters is 1. The number of allylic oxidation sites excluding steroid dienone is 5. The summed E-state index contributed by atoms with van der Waals surface area (Å²) in [6, 6.07) is 0. The van der Waals surface area contributed by atoms with E-state index < -0.39 is 102 Å². The van der Waals surface area contributed by atoms with Gasteiger partial charge in [-0.1, -0.05) is 81.2 Å². The van der Waals surface area contributed by atoms with Crippen LogP contribution >= 0.6 is 22.6 Å². The number of carbonyl (C=O) groups is 5. The molecule has 3 rings (SSSR count). The smallest absolute Gasteiger partial charge is 0.317 e. The number of likely N-dealkylation sites (tertiary alicyclic amines) is 1. The van der Waals surface area contributed by atoms with E-state index in [1.54, 1.807) is 39.8 Å². The van der Waals surface area contributed by atoms with Crippen molar-refractivity contribution in [1.29, 1.82) is 0 Å². The zero-order valence-electron chi connectivity index (χ0n) is 38.7. The molecule has 65 heavy (non-hydrogen) atoms. The molecule has 10 atom stereocenters. The fourth-order valence-corrected chi connectivity index (χ4v) is 8.64. The highest BCUT2D eigenvalue weighted by molar-refractivity contribution is 14.1. The largest absolute Gasteiger partial charge is 0.481 e. The number of halogens is 1. The summed E-state index contributed by atoms with van der Waals surface area (Å²) in [5, 5.41) is 48.6. The Morgan fingerprint density at radius 2 is 1.77 bits per heavy atom. The van der Waals surface area contributed by atoms with Gasteiger partial charge in [0.1, 0.15) is 29.6 Å². The van der Waals surface area contributed by atoms with Crippen molar-refractivity contribution in [3.05, 3.63) is 83.7 Å². The number of carboxylic acid groups (broad SMARTS) is 1. The summed E-state index contributed by atoms with van der Waals surface area (Å²) in [7, 11) is 1.35. The number of aliphatic hydroxyl groups is 3. The Bertz CT molecular complexity index is 1970. The van der Waals surface area contributed by atoms with Gasteiger partial charge in [0.2, 0.25) is 5.78 Å². The molecule has 17 nitrogen and oxygen atoms in total. The number of hydrogen-bond acceptors (Lipinski definition) is 15. The number of piperidine rings is 1. The summed E-state index contributed by atoms with van der Waals surface area (Å²) in [6.45, 7) is 24.8. The highest BCUT2D eigenvalue weighted by atomic mass is 127. The molecule has 3 aliphatic rings. The molecule has 0 aromatic rings. The topological polar surface area (TPSA) is 243 Å². The van der Waals surface area contributed by atoms with Crippen LogP contribution in [0.1, 0.15) is 74.1 Å². The molecule has 0 aromatic carbocycles. The lowest BCUT2D eigenvalue weighted by Crippen LogP contribution is -2.53. The third kappa shape index (κ3) is 14.0. The van der Waals surface area contributed by atoms with Crippen LogP contribution < -0.4 is 10.6 Å². The van der Waals surface area contributed by atoms with Crippen molar-refractivity contribution in [2.45, 2.75) is 114 Å². The van der Waals surface area contributed by atoms with E-state index in [9.17, 15) is 44.4 Å². The number of ether oxygens (including phenoxy) is 4. The van der Waals surface area contributed by atoms with E-state index in [4.69, 9.17) is 18.9 Å². The van der Waals surface area contributed by atoms with Gasteiger partial charge in [0.15, 0.2) is 5.78 Å². The number of methoxy groups -OCH3 is 1. The van der Waals surface area contributed by atoms with E-state index in [-0.39, 0.29) is 40.3 Å². The van der Waals surface area contributed by atoms with Crippen LogP contribution in [-0.2, 0) is 42.9 Å². The van der Waals surface area contributed by atoms with Crippen molar-refractivity contribution in [3.8, 4) is 0 Å². The van der Waals surface area contributed by atoms with Crippen LogP contribution in [0, 0.1) is 23.7 Å². The number of aliphatic carboxylic acids is 1. The first kappa shape index (κ1) is 54.9. The van der Waals surface area contributed by atoms with Gasteiger partial charge >= 0.3 is 17.7 Å². The maximum Gasteiger partial charge on any atom is 0.317 e. The second-order valence-corrected chi connectivity index (χ2v) is 19.2. The number of aliphatic imine (C=N–C) groups is 1. The standard InChI is InChI=1S/C47H67IN4O13/c1-12-33-35(62-11)17-23-63-46(9)44(60)32(8)42(65-46)29(5)38(51-47(49-10)18-20-52(21-19-47)25-28(4)48)39(34(54)16-22-53)50-45(61)27(3)15-13-14-26(2)40(58)30(6)41(59)31(7)43(33)64-37(57)24-36(55)56/h12-15,17,23,26,28,30-31,33,35,40-41,43,51,53,58-59H,1,8,10,16,18-22,24-25H2,2-7,9,11H3,(H,50,61)(H,55,56)/b14-13+,23-17+,27-15-,39-38-,42-29+/t26-,28?,30+,31+,33+,35-,40-,41+,43-,46-/m0/s1. The Morgan fingerprint density at radius 3 is 2.32 bits per heavy atom. The zero-order chi connectivity index (χ0) is 49.0. The third-order valence-corrected chi connectivity index (χ3v) is 12.5. The first-order chi connectivity index (χ1) is 30.5. The fraction of sp³-hybridized carbons (Fsp3) is 0.574. The number of carbonyl (C=O) groups excluding carboxylic acids is 4. The molecule has 0 spiro atoms. The molecule has 0 aromatic heterocycles. The molecule has 2 saturated heterocycles. The van der Waals surface area contributed by atoms with Crippen LogP contribution in [0.15, 0.2) is 88.7 Å². The molecule has 1 unspecified atom stereocenters. The van der Waals surface area contributed by atoms with Crippen LogP contribution in [-0.4, -0.2) is 135 Å². The van der Waals surface area contributed by atoms with Crippen molar-refractivity contribution < 1.29 is 63.3 Å². The lowest BCUT2D eigenvalue weighted by Gasteiger charge is -2.41. The number of nitrogens with one attached hydrogen (secondary N) is 2. The number of hydrogen-bond donors (Lipinski definition) is 6. The number of ketones is 2. The van der Waals surface area contributed by atoms with Crippen LogP contribution in [0.25, 0.3) is 0 Å². The Labute approximate surface area is 395 Å². The number of nitrogens with zero attached hydrogens (tertiary/aromatic N) is 2. The van der Waals surface area contributed by atoms with E-state index in [0.717, 1.165) is 12.8 Å². The fourth-order valence-electron chi connectivity index (χ4n) is 8.08. The van der Waals surface area contributed by atoms with Gasteiger partial charge in [-0.25, -0.2) is 0 Å². The lowest BCUT2D eigenvalue weighted by molar-refractivity contribution is -0.169. The second kappa shape index (κ2) is 24.3. The van der Waals surface area contributed by atoms with Crippen molar-refractivity contribution in [2.75, 3.05) is 33.4 Å². The molecule has 6 N–H and O–H groups in total. The average molecular weight is 1020 g/mol. The molecule has 18 heteroatoms. The summed E-state index contributed by atoms with van der Waals surface area (Å²) < 4.78 is 24.1. The predicted molar refractivity (Wildman–Crippen MR) is 252 cm³/mol. The molecule has 0 aliphatic carbocycles. The summed E-state index contributed by atoms with van der Waals surface area (Å²) in [6.07, 6.45) is 3.44. The van der Waals surface area contributed by atoms with Gasteiger partial charge in [0.25, 0.3) is 5.91 Å². The third-order valence-electron chi connectivity index (χ3n) is 12.2. The molecule has 3 aliphatic heterocycles. The summed E-state index contributed by atoms with van der Waals surface area (Å²) in [5.41, 5.74) is -1.00. The van der Waals surface area contributed by atoms with Crippen LogP contribution in [0.4, 0.5) is 0 Å². The first-order valence-corrected chi connectivity index (χ1v) is 22.8. The molecule has 3 heterocycles. The van der Waals surface area contributed by atoms with Crippen LogP contribution in [0.5, 0.6) is 0 Å². The molecule has 360 valence electrons. The monoisotopic (exact) mass is 1020 g/mol. The van der Waals surface area contributed by atoms with Gasteiger partial charge in [0, 0.05) is 91.7 Å². The van der Waals surface area contributed by atoms with E-state index in [0.29, 0.717) is 29.9 Å². The summed E-state index contributed by atoms with van der Waals surface area (Å²) >= 11 is 2.37. The minimum absolute atomic E-state index is 0.0561. The number of alkyl halides is 1. The predicted octanol–water partition coefficient (Wildman–Crippen LogP) is 4.20. The highest BCUT2D eigenvalue weighted by Crippen LogP contribution is 2.39. The van der Waals surface area contributed by atoms with Gasteiger partial charge in [-0.15, -0.1) is 6.58 Å². The molecule has 2 bridgehead atoms. The Kier molecular flexibility index (Phi) is 20.5. The Balaban J connectivity index is 2.32. The number of carboxylic acids is 1. The van der Waals surface area contributed by atoms with Gasteiger partial charge in [0.05, 0.1) is 42.5 Å². The number of fused-ring (bicyclic) bond motifs is 2. The second-order valence-electron chi connectivity index (χ2n) is 17.1. The normalized spacial score (nSPS) is 34.3. The van der Waals surface area contributed by atoms with Crippen molar-refractivity contribution >= 4 is 58.7 Å². The Hall–Kier alpha value is -4.47. The van der Waals surface area contributed by atoms with Gasteiger partial charge < -0.3 is 54.9 Å². The first-order valence-electron chi connectivity index (χ1n) is 21.6. The molecule has 0 radical (unpaired) electrons. The van der Waals surface area contributed by atoms with E-state index in [1.165, 1.54) is 39.2 Å². The number of amides is 1. The number of Topliss-reactive ketones (excluding diaryl/α,β-unsaturated/α-hetero) is 2. The molecular formula is C47H67IN4O13. The Morgan fingerprint density at radius 1 is 1.12 bits per heavy atom. The van der Waals surface area contributed by atoms with Crippen LogP contribution in [0.3, 0.4) is 0 Å². The molecule has 1 amide bonds.